The van der Waals surface area contributed by atoms with Crippen LogP contribution < -0.4 is 19.7 Å². The van der Waals surface area contributed by atoms with Crippen molar-refractivity contribution in [1.82, 2.24) is 15.2 Å². The van der Waals surface area contributed by atoms with E-state index in [1.165, 1.54) is 11.3 Å². The monoisotopic (exact) mass is 388 g/mol. The lowest BCUT2D eigenvalue weighted by molar-refractivity contribution is -0.130. The molecule has 3 amide bonds. The fourth-order valence-electron chi connectivity index (χ4n) is 3.01. The van der Waals surface area contributed by atoms with Crippen LogP contribution in [0.4, 0.5) is 9.93 Å². The molecule has 1 fully saturated rings. The quantitative estimate of drug-likeness (QED) is 0.840. The molecule has 2 aliphatic heterocycles. The predicted octanol–water partition coefficient (Wildman–Crippen LogP) is 1.51. The van der Waals surface area contributed by atoms with E-state index in [1.807, 2.05) is 29.6 Å². The Morgan fingerprint density at radius 1 is 1.41 bits per heavy atom. The molecule has 0 radical (unpaired) electrons. The summed E-state index contributed by atoms with van der Waals surface area (Å²) in [6.45, 7) is 2.04. The first-order valence-corrected chi connectivity index (χ1v) is 9.60. The van der Waals surface area contributed by atoms with Gasteiger partial charge < -0.3 is 19.7 Å². The summed E-state index contributed by atoms with van der Waals surface area (Å²) in [6, 6.07) is 7.36. The first-order valence-electron chi connectivity index (χ1n) is 8.72. The van der Waals surface area contributed by atoms with Gasteiger partial charge in [-0.25, -0.2) is 9.78 Å². The third-order valence-corrected chi connectivity index (χ3v) is 5.34. The fraction of sp³-hybridized carbons (Fsp3) is 0.389. The molecular formula is C18H20N4O4S. The van der Waals surface area contributed by atoms with E-state index in [0.29, 0.717) is 42.8 Å². The van der Waals surface area contributed by atoms with Crippen LogP contribution in [-0.4, -0.2) is 61.2 Å². The minimum absolute atomic E-state index is 0.0554. The topological polar surface area (TPSA) is 84.0 Å². The van der Waals surface area contributed by atoms with Crippen molar-refractivity contribution >= 4 is 28.4 Å². The summed E-state index contributed by atoms with van der Waals surface area (Å²) < 4.78 is 11.6. The van der Waals surface area contributed by atoms with Gasteiger partial charge >= 0.3 is 6.03 Å². The van der Waals surface area contributed by atoms with Gasteiger partial charge in [0.1, 0.15) is 6.61 Å². The van der Waals surface area contributed by atoms with Crippen molar-refractivity contribution in [3.8, 4) is 11.5 Å². The van der Waals surface area contributed by atoms with Crippen molar-refractivity contribution in [2.45, 2.75) is 12.5 Å². The number of nitrogens with one attached hydrogen (secondary N) is 1. The average Bonchev–Trinajstić information content (AvgIpc) is 3.30. The van der Waals surface area contributed by atoms with Crippen molar-refractivity contribution in [1.29, 1.82) is 0 Å². The van der Waals surface area contributed by atoms with Crippen molar-refractivity contribution < 1.29 is 19.1 Å². The summed E-state index contributed by atoms with van der Waals surface area (Å²) >= 11 is 1.37. The van der Waals surface area contributed by atoms with Crippen LogP contribution in [0.25, 0.3) is 0 Å². The van der Waals surface area contributed by atoms with Crippen LogP contribution in [0.15, 0.2) is 29.6 Å². The lowest BCUT2D eigenvalue weighted by Crippen LogP contribution is -2.42. The maximum absolute atomic E-state index is 12.5. The van der Waals surface area contributed by atoms with E-state index in [2.05, 4.69) is 10.3 Å². The maximum Gasteiger partial charge on any atom is 0.323 e. The van der Waals surface area contributed by atoms with E-state index in [1.54, 1.807) is 16.8 Å². The molecule has 0 bridgehead atoms. The van der Waals surface area contributed by atoms with Gasteiger partial charge in [0.2, 0.25) is 5.91 Å². The number of thiazole rings is 1. The van der Waals surface area contributed by atoms with Crippen LogP contribution in [0.1, 0.15) is 5.69 Å². The van der Waals surface area contributed by atoms with E-state index < -0.39 is 0 Å². The van der Waals surface area contributed by atoms with Crippen LogP contribution in [0.2, 0.25) is 0 Å². The number of rotatable bonds is 5. The number of fused-ring (bicyclic) bond motifs is 1. The van der Waals surface area contributed by atoms with Crippen LogP contribution >= 0.6 is 11.3 Å². The second-order valence-electron chi connectivity index (χ2n) is 6.45. The Hall–Kier alpha value is -2.81. The van der Waals surface area contributed by atoms with E-state index in [0.717, 1.165) is 5.75 Å². The molecule has 27 heavy (non-hydrogen) atoms. The van der Waals surface area contributed by atoms with Gasteiger partial charge in [-0.05, 0) is 12.1 Å². The van der Waals surface area contributed by atoms with Gasteiger partial charge in [-0.2, -0.15) is 0 Å². The Bertz CT molecular complexity index is 855. The van der Waals surface area contributed by atoms with Gasteiger partial charge in [0.25, 0.3) is 0 Å². The van der Waals surface area contributed by atoms with Crippen LogP contribution in [-0.2, 0) is 11.2 Å². The minimum Gasteiger partial charge on any atom is -0.486 e. The Morgan fingerprint density at radius 3 is 3.00 bits per heavy atom. The molecule has 142 valence electrons. The zero-order valence-electron chi connectivity index (χ0n) is 14.9. The number of nitrogens with zero attached hydrogens (tertiary/aromatic N) is 3. The van der Waals surface area contributed by atoms with Crippen LogP contribution in [0.3, 0.4) is 0 Å². The van der Waals surface area contributed by atoms with Gasteiger partial charge in [-0.1, -0.05) is 12.1 Å². The third kappa shape index (κ3) is 3.82. The minimum atomic E-state index is -0.215. The molecule has 1 saturated heterocycles. The van der Waals surface area contributed by atoms with Crippen molar-refractivity contribution in [3.63, 3.8) is 0 Å². The normalized spacial score (nSPS) is 18.3. The molecule has 8 nitrogen and oxygen atoms in total. The molecule has 1 aromatic carbocycles. The van der Waals surface area contributed by atoms with Crippen molar-refractivity contribution in [3.05, 3.63) is 35.3 Å². The number of benzene rings is 1. The fourth-order valence-corrected chi connectivity index (χ4v) is 3.85. The summed E-state index contributed by atoms with van der Waals surface area (Å²) in [6.07, 6.45) is -0.0276. The van der Waals surface area contributed by atoms with Crippen molar-refractivity contribution in [2.75, 3.05) is 38.2 Å². The molecule has 1 unspecified atom stereocenters. The Balaban J connectivity index is 1.32. The standard InChI is InChI=1S/C18H20N4O4S/c1-21(9-13-10-25-14-4-2-3-5-15(14)26-13)16(23)8-12-11-27-18(20-12)22-7-6-19-17(22)24/h2-5,11,13H,6-10H2,1H3,(H,19,24). The number of hydrogen-bond donors (Lipinski definition) is 1. The molecule has 0 spiro atoms. The molecular weight excluding hydrogens is 368 g/mol. The molecule has 0 aliphatic carbocycles. The molecule has 1 aromatic heterocycles. The molecule has 2 aromatic rings. The number of amides is 3. The molecule has 3 heterocycles. The largest absolute Gasteiger partial charge is 0.486 e. The highest BCUT2D eigenvalue weighted by atomic mass is 32.1. The Labute approximate surface area is 160 Å². The molecule has 9 heteroatoms. The number of carbonyl (C=O) groups excluding carboxylic acids is 2. The molecule has 0 saturated carbocycles. The highest BCUT2D eigenvalue weighted by Crippen LogP contribution is 2.31. The number of ether oxygens (including phenoxy) is 2. The van der Waals surface area contributed by atoms with Crippen LogP contribution in [0, 0.1) is 0 Å². The lowest BCUT2D eigenvalue weighted by Gasteiger charge is -2.29. The number of urea groups is 1. The molecule has 4 rings (SSSR count). The van der Waals surface area contributed by atoms with Crippen molar-refractivity contribution in [2.24, 2.45) is 0 Å². The Morgan fingerprint density at radius 2 is 2.22 bits per heavy atom. The zero-order valence-corrected chi connectivity index (χ0v) is 15.7. The van der Waals surface area contributed by atoms with Gasteiger partial charge in [0.05, 0.1) is 18.7 Å². The summed E-state index contributed by atoms with van der Waals surface area (Å²) in [7, 11) is 1.74. The van der Waals surface area contributed by atoms with Gasteiger partial charge in [0.15, 0.2) is 22.7 Å². The number of likely N-dealkylation sites (N-methyl/N-ethyl adjacent to an activating group) is 1. The van der Waals surface area contributed by atoms with E-state index in [-0.39, 0.29) is 24.5 Å². The highest BCUT2D eigenvalue weighted by molar-refractivity contribution is 7.14. The first-order chi connectivity index (χ1) is 13.1. The van der Waals surface area contributed by atoms with E-state index >= 15 is 0 Å². The number of para-hydroxylation sites is 2. The smallest absolute Gasteiger partial charge is 0.323 e. The zero-order chi connectivity index (χ0) is 18.8. The van der Waals surface area contributed by atoms with Crippen LogP contribution in [0.5, 0.6) is 11.5 Å². The molecule has 1 atom stereocenters. The SMILES string of the molecule is CN(CC1COc2ccccc2O1)C(=O)Cc1csc(N2CCNC2=O)n1. The second-order valence-corrected chi connectivity index (χ2v) is 7.29. The number of carbonyl (C=O) groups is 2. The summed E-state index contributed by atoms with van der Waals surface area (Å²) in [5.74, 6) is 1.37. The Kier molecular flexibility index (Phi) is 4.85. The average molecular weight is 388 g/mol. The summed E-state index contributed by atoms with van der Waals surface area (Å²) in [5.41, 5.74) is 0.665. The lowest BCUT2D eigenvalue weighted by atomic mass is 10.2. The predicted molar refractivity (Wildman–Crippen MR) is 101 cm³/mol. The first kappa shape index (κ1) is 17.6. The molecule has 1 N–H and O–H groups in total. The van der Waals surface area contributed by atoms with E-state index in [4.69, 9.17) is 9.47 Å². The maximum atomic E-state index is 12.5. The van der Waals surface area contributed by atoms with Gasteiger partial charge in [-0.15, -0.1) is 11.3 Å². The highest BCUT2D eigenvalue weighted by Gasteiger charge is 2.26. The molecule has 2 aliphatic rings. The second kappa shape index (κ2) is 7.43. The number of anilines is 1. The van der Waals surface area contributed by atoms with Gasteiger partial charge in [0, 0.05) is 25.5 Å². The number of aromatic nitrogens is 1. The number of hydrogen-bond acceptors (Lipinski definition) is 6. The third-order valence-electron chi connectivity index (χ3n) is 4.43. The van der Waals surface area contributed by atoms with Gasteiger partial charge in [-0.3, -0.25) is 9.69 Å². The van der Waals surface area contributed by atoms with E-state index in [9.17, 15) is 9.59 Å². The summed E-state index contributed by atoms with van der Waals surface area (Å²) in [5, 5.41) is 5.19. The summed E-state index contributed by atoms with van der Waals surface area (Å²) in [4.78, 5) is 31.9.